The van der Waals surface area contributed by atoms with E-state index in [2.05, 4.69) is 29.9 Å². The Hall–Kier alpha value is -4.35. The molecule has 32 heavy (non-hydrogen) atoms. The van der Waals surface area contributed by atoms with Crippen molar-refractivity contribution in [1.82, 2.24) is 34.5 Å². The van der Waals surface area contributed by atoms with Crippen molar-refractivity contribution < 1.29 is 23.4 Å². The van der Waals surface area contributed by atoms with Crippen LogP contribution in [-0.4, -0.2) is 52.2 Å². The molecule has 162 valence electrons. The molecule has 4 aromatic heterocycles. The largest absolute Gasteiger partial charge is 0.478 e. The highest BCUT2D eigenvalue weighted by molar-refractivity contribution is 6.01. The molecule has 0 amide bonds. The zero-order valence-corrected chi connectivity index (χ0v) is 16.5. The molecule has 0 unspecified atom stereocenters. The molecule has 0 aliphatic carbocycles. The zero-order chi connectivity index (χ0) is 22.4. The molecule has 0 fully saturated rings. The number of hydrogen-bond donors (Lipinski definition) is 2. The van der Waals surface area contributed by atoms with Crippen LogP contribution in [0.5, 0.6) is 5.75 Å². The van der Waals surface area contributed by atoms with Gasteiger partial charge in [0, 0.05) is 30.4 Å². The summed E-state index contributed by atoms with van der Waals surface area (Å²) in [7, 11) is 1.80. The van der Waals surface area contributed by atoms with Gasteiger partial charge < -0.3 is 14.8 Å². The number of alkyl halides is 2. The number of aromatic nitrogens is 7. The van der Waals surface area contributed by atoms with Crippen LogP contribution in [0.25, 0.3) is 33.5 Å². The van der Waals surface area contributed by atoms with Crippen molar-refractivity contribution in [3.8, 4) is 17.1 Å². The smallest absolute Gasteiger partial charge is 0.387 e. The van der Waals surface area contributed by atoms with Gasteiger partial charge in [0.05, 0.1) is 24.5 Å². The number of aromatic carboxylic acids is 1. The van der Waals surface area contributed by atoms with Gasteiger partial charge in [-0.2, -0.15) is 19.0 Å². The summed E-state index contributed by atoms with van der Waals surface area (Å²) in [6.45, 7) is -2.60. The highest BCUT2D eigenvalue weighted by Gasteiger charge is 2.19. The van der Waals surface area contributed by atoms with E-state index in [4.69, 9.17) is 0 Å². The van der Waals surface area contributed by atoms with Crippen molar-refractivity contribution in [2.24, 2.45) is 7.05 Å². The Balaban J connectivity index is 1.69. The fraction of sp³-hybridized carbons (Fsp3) is 0.150. The van der Waals surface area contributed by atoms with Crippen LogP contribution in [0.3, 0.4) is 0 Å². The van der Waals surface area contributed by atoms with Crippen molar-refractivity contribution in [1.29, 1.82) is 0 Å². The summed E-state index contributed by atoms with van der Waals surface area (Å²) in [6.07, 6.45) is 6.30. The second-order valence-electron chi connectivity index (χ2n) is 7.05. The van der Waals surface area contributed by atoms with Gasteiger partial charge in [-0.15, -0.1) is 0 Å². The van der Waals surface area contributed by atoms with Crippen LogP contribution in [-0.2, 0) is 13.6 Å². The fourth-order valence-electron chi connectivity index (χ4n) is 3.54. The quantitative estimate of drug-likeness (QED) is 0.417. The van der Waals surface area contributed by atoms with Gasteiger partial charge in [-0.05, 0) is 18.2 Å². The average Bonchev–Trinajstić information content (AvgIpc) is 3.44. The van der Waals surface area contributed by atoms with Gasteiger partial charge in [0.15, 0.2) is 5.65 Å². The third-order valence-corrected chi connectivity index (χ3v) is 4.89. The standard InChI is InChI=1S/C20H15F2N7O3/c1-28-8-10(5-25-28)9-29-15-3-2-11(32-20(21)22)4-12(15)16(27-29)14-7-24-18-17(26-14)13(6-23-18)19(30)31/h2-8,20H,9H2,1H3,(H,23,24)(H,30,31). The van der Waals surface area contributed by atoms with Crippen molar-refractivity contribution in [3.05, 3.63) is 54.1 Å². The molecule has 10 nitrogen and oxygen atoms in total. The van der Waals surface area contributed by atoms with E-state index < -0.39 is 12.6 Å². The molecule has 0 saturated carbocycles. The lowest BCUT2D eigenvalue weighted by Crippen LogP contribution is -2.02. The number of H-pyrrole nitrogens is 1. The van der Waals surface area contributed by atoms with Crippen LogP contribution in [0.2, 0.25) is 0 Å². The highest BCUT2D eigenvalue weighted by Crippen LogP contribution is 2.31. The maximum absolute atomic E-state index is 12.8. The lowest BCUT2D eigenvalue weighted by molar-refractivity contribution is -0.0497. The number of nitrogens with zero attached hydrogens (tertiary/aromatic N) is 6. The molecule has 12 heteroatoms. The molecule has 0 bridgehead atoms. The summed E-state index contributed by atoms with van der Waals surface area (Å²) in [5.74, 6) is -1.18. The number of rotatable bonds is 6. The van der Waals surface area contributed by atoms with Crippen molar-refractivity contribution in [2.45, 2.75) is 13.2 Å². The van der Waals surface area contributed by atoms with E-state index in [0.717, 1.165) is 5.56 Å². The number of aryl methyl sites for hydroxylation is 1. The number of carbonyl (C=O) groups is 1. The maximum Gasteiger partial charge on any atom is 0.387 e. The number of fused-ring (bicyclic) bond motifs is 2. The van der Waals surface area contributed by atoms with E-state index in [1.807, 2.05) is 6.20 Å². The fourth-order valence-corrected chi connectivity index (χ4v) is 3.54. The third-order valence-electron chi connectivity index (χ3n) is 4.89. The third kappa shape index (κ3) is 3.41. The SMILES string of the molecule is Cn1cc(Cn2nc(-c3cnc4[nH]cc(C(=O)O)c4n3)c3cc(OC(F)F)ccc32)cn1. The Morgan fingerprint density at radius 3 is 2.88 bits per heavy atom. The van der Waals surface area contributed by atoms with E-state index in [1.54, 1.807) is 28.7 Å². The van der Waals surface area contributed by atoms with Gasteiger partial charge in [0.1, 0.15) is 28.2 Å². The molecule has 0 aliphatic rings. The minimum absolute atomic E-state index is 0.0309. The van der Waals surface area contributed by atoms with Gasteiger partial charge in [0.2, 0.25) is 0 Å². The lowest BCUT2D eigenvalue weighted by atomic mass is 10.1. The number of hydrogen-bond acceptors (Lipinski definition) is 6. The molecule has 5 rings (SSSR count). The average molecular weight is 439 g/mol. The number of carboxylic acids is 1. The molecule has 0 spiro atoms. The number of benzene rings is 1. The Morgan fingerprint density at radius 2 is 2.16 bits per heavy atom. The normalized spacial score (nSPS) is 11.6. The first kappa shape index (κ1) is 19.6. The molecular formula is C20H15F2N7O3. The first-order valence-corrected chi connectivity index (χ1v) is 9.40. The molecule has 4 heterocycles. The van der Waals surface area contributed by atoms with Crippen molar-refractivity contribution >= 4 is 28.0 Å². The molecule has 1 aromatic carbocycles. The van der Waals surface area contributed by atoms with E-state index in [0.29, 0.717) is 34.5 Å². The molecule has 0 radical (unpaired) electrons. The van der Waals surface area contributed by atoms with E-state index in [9.17, 15) is 18.7 Å². The summed E-state index contributed by atoms with van der Waals surface area (Å²) in [4.78, 5) is 22.9. The first-order valence-electron chi connectivity index (χ1n) is 9.40. The Kier molecular flexibility index (Phi) is 4.54. The van der Waals surface area contributed by atoms with Crippen LogP contribution >= 0.6 is 0 Å². The Morgan fingerprint density at radius 1 is 1.31 bits per heavy atom. The number of carboxylic acid groups (broad SMARTS) is 1. The summed E-state index contributed by atoms with van der Waals surface area (Å²) in [6, 6.07) is 4.51. The second kappa shape index (κ2) is 7.41. The van der Waals surface area contributed by atoms with E-state index in [1.165, 1.54) is 24.5 Å². The predicted octanol–water partition coefficient (Wildman–Crippen LogP) is 3.06. The minimum atomic E-state index is -2.98. The second-order valence-corrected chi connectivity index (χ2v) is 7.05. The molecule has 0 atom stereocenters. The molecule has 2 N–H and O–H groups in total. The molecular weight excluding hydrogens is 424 g/mol. The Labute approximate surface area is 178 Å². The van der Waals surface area contributed by atoms with Gasteiger partial charge in [-0.1, -0.05) is 0 Å². The van der Waals surface area contributed by atoms with Gasteiger partial charge in [0.25, 0.3) is 0 Å². The topological polar surface area (TPSA) is 124 Å². The monoisotopic (exact) mass is 439 g/mol. The summed E-state index contributed by atoms with van der Waals surface area (Å²) in [5, 5.41) is 18.7. The van der Waals surface area contributed by atoms with Gasteiger partial charge in [-0.25, -0.2) is 14.8 Å². The first-order chi connectivity index (χ1) is 15.4. The molecule has 0 aliphatic heterocycles. The predicted molar refractivity (Wildman–Crippen MR) is 109 cm³/mol. The highest BCUT2D eigenvalue weighted by atomic mass is 19.3. The molecule has 0 saturated heterocycles. The number of nitrogens with one attached hydrogen (secondary N) is 1. The summed E-state index contributed by atoms with van der Waals surface area (Å²) < 4.78 is 33.4. The van der Waals surface area contributed by atoms with Crippen LogP contribution in [0, 0.1) is 0 Å². The maximum atomic E-state index is 12.8. The van der Waals surface area contributed by atoms with Crippen molar-refractivity contribution in [3.63, 3.8) is 0 Å². The van der Waals surface area contributed by atoms with Crippen LogP contribution in [0.4, 0.5) is 8.78 Å². The lowest BCUT2D eigenvalue weighted by Gasteiger charge is -2.05. The minimum Gasteiger partial charge on any atom is -0.478 e. The van der Waals surface area contributed by atoms with Gasteiger partial charge >= 0.3 is 12.6 Å². The number of ether oxygens (including phenoxy) is 1. The number of aromatic amines is 1. The van der Waals surface area contributed by atoms with Crippen LogP contribution in [0.1, 0.15) is 15.9 Å². The Bertz CT molecular complexity index is 1470. The van der Waals surface area contributed by atoms with Crippen LogP contribution < -0.4 is 4.74 Å². The molecule has 5 aromatic rings. The van der Waals surface area contributed by atoms with Crippen molar-refractivity contribution in [2.75, 3.05) is 0 Å². The van der Waals surface area contributed by atoms with E-state index >= 15 is 0 Å². The summed E-state index contributed by atoms with van der Waals surface area (Å²) >= 11 is 0. The van der Waals surface area contributed by atoms with Gasteiger partial charge in [-0.3, -0.25) is 9.36 Å². The number of halogens is 2. The zero-order valence-electron chi connectivity index (χ0n) is 16.5. The van der Waals surface area contributed by atoms with Crippen LogP contribution in [0.15, 0.2) is 43.0 Å². The van der Waals surface area contributed by atoms with E-state index in [-0.39, 0.29) is 16.8 Å². The summed E-state index contributed by atoms with van der Waals surface area (Å²) in [5.41, 5.74) is 2.64.